The van der Waals surface area contributed by atoms with Crippen molar-refractivity contribution in [3.63, 3.8) is 0 Å². The van der Waals surface area contributed by atoms with Gasteiger partial charge in [-0.3, -0.25) is 9.59 Å². The van der Waals surface area contributed by atoms with Gasteiger partial charge in [0.1, 0.15) is 6.04 Å². The predicted molar refractivity (Wildman–Crippen MR) is 59.4 cm³/mol. The van der Waals surface area contributed by atoms with Gasteiger partial charge in [-0.15, -0.1) is 0 Å². The maximum Gasteiger partial charge on any atom is 0.303 e. The molecule has 1 aromatic carbocycles. The highest BCUT2D eigenvalue weighted by Gasteiger charge is 2.25. The zero-order chi connectivity index (χ0) is 11.5. The third-order valence-corrected chi connectivity index (χ3v) is 2.48. The van der Waals surface area contributed by atoms with Crippen LogP contribution in [0.15, 0.2) is 24.3 Å². The van der Waals surface area contributed by atoms with Gasteiger partial charge >= 0.3 is 5.97 Å². The first kappa shape index (κ1) is 10.5. The Kier molecular flexibility index (Phi) is 2.76. The summed E-state index contributed by atoms with van der Waals surface area (Å²) in [4.78, 5) is 22.0. The standard InChI is InChI=1S/C11H12N2O3/c14-10(15)6-5-9-11(16)13-8-4-2-1-3-7(8)12-9/h1-4,9,12H,5-6H2,(H,13,16)(H,14,15)/t9-/m0/s1. The number of hydrogen-bond acceptors (Lipinski definition) is 3. The fraction of sp³-hybridized carbons (Fsp3) is 0.273. The number of anilines is 2. The topological polar surface area (TPSA) is 78.4 Å². The van der Waals surface area contributed by atoms with Crippen molar-refractivity contribution in [2.45, 2.75) is 18.9 Å². The molecular weight excluding hydrogens is 208 g/mol. The molecule has 2 rings (SSSR count). The normalized spacial score (nSPS) is 18.2. The van der Waals surface area contributed by atoms with Crippen molar-refractivity contribution in [3.8, 4) is 0 Å². The van der Waals surface area contributed by atoms with Gasteiger partial charge in [-0.05, 0) is 18.6 Å². The van der Waals surface area contributed by atoms with E-state index in [1.807, 2.05) is 18.2 Å². The molecule has 0 saturated heterocycles. The van der Waals surface area contributed by atoms with E-state index in [0.717, 1.165) is 11.4 Å². The molecule has 5 heteroatoms. The van der Waals surface area contributed by atoms with Gasteiger partial charge in [-0.1, -0.05) is 12.1 Å². The molecule has 1 aliphatic rings. The van der Waals surface area contributed by atoms with Crippen LogP contribution >= 0.6 is 0 Å². The molecule has 1 amide bonds. The number of carboxylic acids is 1. The number of hydrogen-bond donors (Lipinski definition) is 3. The van der Waals surface area contributed by atoms with E-state index in [9.17, 15) is 9.59 Å². The average molecular weight is 220 g/mol. The molecule has 0 bridgehead atoms. The van der Waals surface area contributed by atoms with E-state index in [1.165, 1.54) is 0 Å². The van der Waals surface area contributed by atoms with E-state index < -0.39 is 12.0 Å². The Balaban J connectivity index is 2.09. The molecule has 0 aromatic heterocycles. The first-order valence-corrected chi connectivity index (χ1v) is 5.05. The fourth-order valence-corrected chi connectivity index (χ4v) is 1.66. The summed E-state index contributed by atoms with van der Waals surface area (Å²) in [6, 6.07) is 6.87. The Morgan fingerprint density at radius 1 is 1.31 bits per heavy atom. The summed E-state index contributed by atoms with van der Waals surface area (Å²) in [6.45, 7) is 0. The molecule has 3 N–H and O–H groups in total. The lowest BCUT2D eigenvalue weighted by atomic mass is 10.1. The summed E-state index contributed by atoms with van der Waals surface area (Å²) >= 11 is 0. The number of nitrogens with one attached hydrogen (secondary N) is 2. The lowest BCUT2D eigenvalue weighted by Gasteiger charge is -2.26. The van der Waals surface area contributed by atoms with E-state index in [1.54, 1.807) is 6.07 Å². The van der Waals surface area contributed by atoms with Crippen LogP contribution in [0.3, 0.4) is 0 Å². The van der Waals surface area contributed by atoms with Crippen LogP contribution in [0, 0.1) is 0 Å². The van der Waals surface area contributed by atoms with Gasteiger partial charge < -0.3 is 15.7 Å². The van der Waals surface area contributed by atoms with Crippen molar-refractivity contribution in [3.05, 3.63) is 24.3 Å². The number of benzene rings is 1. The van der Waals surface area contributed by atoms with Gasteiger partial charge in [-0.25, -0.2) is 0 Å². The molecule has 0 fully saturated rings. The Morgan fingerprint density at radius 3 is 2.69 bits per heavy atom. The summed E-state index contributed by atoms with van der Waals surface area (Å²) in [6.07, 6.45) is 0.267. The minimum absolute atomic E-state index is 0.0206. The van der Waals surface area contributed by atoms with Crippen molar-refractivity contribution in [2.24, 2.45) is 0 Å². The van der Waals surface area contributed by atoms with Crippen molar-refractivity contribution in [1.29, 1.82) is 0 Å². The van der Waals surface area contributed by atoms with Crippen molar-refractivity contribution in [2.75, 3.05) is 10.6 Å². The Morgan fingerprint density at radius 2 is 2.00 bits per heavy atom. The Labute approximate surface area is 92.5 Å². The predicted octanol–water partition coefficient (Wildman–Crippen LogP) is 1.28. The minimum Gasteiger partial charge on any atom is -0.481 e. The largest absolute Gasteiger partial charge is 0.481 e. The number of aliphatic carboxylic acids is 1. The van der Waals surface area contributed by atoms with Crippen LogP contribution in [-0.2, 0) is 9.59 Å². The highest BCUT2D eigenvalue weighted by Crippen LogP contribution is 2.26. The number of amides is 1. The highest BCUT2D eigenvalue weighted by atomic mass is 16.4. The molecule has 0 aliphatic carbocycles. The molecule has 0 unspecified atom stereocenters. The van der Waals surface area contributed by atoms with Gasteiger partial charge in [-0.2, -0.15) is 0 Å². The summed E-state index contributed by atoms with van der Waals surface area (Å²) in [5.41, 5.74) is 1.57. The quantitative estimate of drug-likeness (QED) is 0.717. The second-order valence-corrected chi connectivity index (χ2v) is 3.66. The third kappa shape index (κ3) is 2.13. The lowest BCUT2D eigenvalue weighted by molar-refractivity contribution is -0.137. The molecule has 0 radical (unpaired) electrons. The average Bonchev–Trinajstić information content (AvgIpc) is 2.26. The van der Waals surface area contributed by atoms with Crippen molar-refractivity contribution >= 4 is 23.3 Å². The molecule has 16 heavy (non-hydrogen) atoms. The summed E-state index contributed by atoms with van der Waals surface area (Å²) in [5.74, 6) is -1.08. The first-order valence-electron chi connectivity index (χ1n) is 5.05. The molecule has 0 saturated carbocycles. The zero-order valence-corrected chi connectivity index (χ0v) is 8.56. The monoisotopic (exact) mass is 220 g/mol. The summed E-state index contributed by atoms with van der Waals surface area (Å²) in [5, 5.41) is 14.3. The van der Waals surface area contributed by atoms with Crippen LogP contribution in [-0.4, -0.2) is 23.0 Å². The van der Waals surface area contributed by atoms with Crippen molar-refractivity contribution < 1.29 is 14.7 Å². The van der Waals surface area contributed by atoms with Crippen LogP contribution < -0.4 is 10.6 Å². The van der Waals surface area contributed by atoms with E-state index in [4.69, 9.17) is 5.11 Å². The van der Waals surface area contributed by atoms with Crippen molar-refractivity contribution in [1.82, 2.24) is 0 Å². The molecule has 5 nitrogen and oxygen atoms in total. The summed E-state index contributed by atoms with van der Waals surface area (Å²) in [7, 11) is 0. The first-order chi connectivity index (χ1) is 7.66. The smallest absolute Gasteiger partial charge is 0.303 e. The fourth-order valence-electron chi connectivity index (χ4n) is 1.66. The van der Waals surface area contributed by atoms with Crippen LogP contribution in [0.25, 0.3) is 0 Å². The maximum atomic E-state index is 11.6. The number of carbonyl (C=O) groups excluding carboxylic acids is 1. The lowest BCUT2D eigenvalue weighted by Crippen LogP contribution is -2.39. The molecule has 1 aliphatic heterocycles. The molecule has 1 atom stereocenters. The Bertz CT molecular complexity index is 431. The minimum atomic E-state index is -0.895. The van der Waals surface area contributed by atoms with E-state index in [-0.39, 0.29) is 18.7 Å². The van der Waals surface area contributed by atoms with Gasteiger partial charge in [0.15, 0.2) is 0 Å². The Hall–Kier alpha value is -2.04. The highest BCUT2D eigenvalue weighted by molar-refractivity contribution is 6.03. The molecular formula is C11H12N2O3. The van der Waals surface area contributed by atoms with Gasteiger partial charge in [0.05, 0.1) is 11.4 Å². The molecule has 0 spiro atoms. The van der Waals surface area contributed by atoms with Crippen LogP contribution in [0.5, 0.6) is 0 Å². The third-order valence-electron chi connectivity index (χ3n) is 2.48. The van der Waals surface area contributed by atoms with E-state index >= 15 is 0 Å². The summed E-state index contributed by atoms with van der Waals surface area (Å²) < 4.78 is 0. The second kappa shape index (κ2) is 4.22. The van der Waals surface area contributed by atoms with E-state index in [2.05, 4.69) is 10.6 Å². The molecule has 1 heterocycles. The van der Waals surface area contributed by atoms with E-state index in [0.29, 0.717) is 0 Å². The number of carbonyl (C=O) groups is 2. The van der Waals surface area contributed by atoms with Gasteiger partial charge in [0.2, 0.25) is 5.91 Å². The second-order valence-electron chi connectivity index (χ2n) is 3.66. The molecule has 1 aromatic rings. The zero-order valence-electron chi connectivity index (χ0n) is 8.56. The van der Waals surface area contributed by atoms with Gasteiger partial charge in [0.25, 0.3) is 0 Å². The van der Waals surface area contributed by atoms with Crippen LogP contribution in [0.1, 0.15) is 12.8 Å². The number of para-hydroxylation sites is 2. The SMILES string of the molecule is O=C(O)CC[C@@H]1Nc2ccccc2NC1=O. The van der Waals surface area contributed by atoms with Gasteiger partial charge in [0, 0.05) is 6.42 Å². The molecule has 84 valence electrons. The number of carboxylic acid groups (broad SMARTS) is 1. The maximum absolute atomic E-state index is 11.6. The van der Waals surface area contributed by atoms with Crippen LogP contribution in [0.2, 0.25) is 0 Å². The number of fused-ring (bicyclic) bond motifs is 1. The van der Waals surface area contributed by atoms with Crippen LogP contribution in [0.4, 0.5) is 11.4 Å². The number of rotatable bonds is 3.